The highest BCUT2D eigenvalue weighted by atomic mass is 32.2. The number of benzene rings is 1. The summed E-state index contributed by atoms with van der Waals surface area (Å²) in [5.41, 5.74) is 3.44. The highest BCUT2D eigenvalue weighted by molar-refractivity contribution is 7.91. The van der Waals surface area contributed by atoms with Crippen molar-refractivity contribution >= 4 is 32.6 Å². The van der Waals surface area contributed by atoms with Crippen LogP contribution in [0.3, 0.4) is 0 Å². The Morgan fingerprint density at radius 2 is 1.83 bits per heavy atom. The van der Waals surface area contributed by atoms with Gasteiger partial charge in [0.15, 0.2) is 27.1 Å². The van der Waals surface area contributed by atoms with Crippen molar-refractivity contribution in [3.05, 3.63) is 53.8 Å². The van der Waals surface area contributed by atoms with Crippen molar-refractivity contribution in [2.75, 3.05) is 29.5 Å². The number of rotatable bonds is 6. The molecule has 0 spiro atoms. The normalized spacial score (nSPS) is 16.4. The van der Waals surface area contributed by atoms with Crippen LogP contribution in [0.1, 0.15) is 54.8 Å². The van der Waals surface area contributed by atoms with Gasteiger partial charge in [0.25, 0.3) is 0 Å². The van der Waals surface area contributed by atoms with Crippen molar-refractivity contribution in [3.63, 3.8) is 0 Å². The van der Waals surface area contributed by atoms with Crippen molar-refractivity contribution in [3.8, 4) is 11.1 Å². The van der Waals surface area contributed by atoms with Gasteiger partial charge in [0, 0.05) is 25.2 Å². The Morgan fingerprint density at radius 3 is 2.50 bits per heavy atom. The van der Waals surface area contributed by atoms with Crippen LogP contribution in [-0.2, 0) is 9.84 Å². The molecule has 1 amide bonds. The van der Waals surface area contributed by atoms with Gasteiger partial charge >= 0.3 is 11.8 Å². The third-order valence-corrected chi connectivity index (χ3v) is 7.92. The fourth-order valence-electron chi connectivity index (χ4n) is 4.18. The highest BCUT2D eigenvalue weighted by Gasteiger charge is 2.26. The van der Waals surface area contributed by atoms with Gasteiger partial charge in [-0.25, -0.2) is 13.4 Å². The number of hydrogen-bond acceptors (Lipinski definition) is 9. The molecular weight excluding hydrogens is 482 g/mol. The summed E-state index contributed by atoms with van der Waals surface area (Å²) >= 11 is 0. The van der Waals surface area contributed by atoms with Gasteiger partial charge in [-0.1, -0.05) is 43.3 Å². The van der Waals surface area contributed by atoms with Crippen LogP contribution in [0, 0.1) is 0 Å². The SMILES string of the molecule is CC(C)c1noc(C(=O)N[C@H](C)c2ccc(-c3ccnc4[nH]nc(N5CCS(=O)(=O)CC5)c34)cc2)n1. The van der Waals surface area contributed by atoms with Gasteiger partial charge in [-0.05, 0) is 29.7 Å². The lowest BCUT2D eigenvalue weighted by atomic mass is 9.99. The fourth-order valence-corrected chi connectivity index (χ4v) is 5.38. The van der Waals surface area contributed by atoms with E-state index in [9.17, 15) is 13.2 Å². The molecule has 2 N–H and O–H groups in total. The van der Waals surface area contributed by atoms with E-state index in [-0.39, 0.29) is 29.4 Å². The summed E-state index contributed by atoms with van der Waals surface area (Å²) in [4.78, 5) is 23.1. The van der Waals surface area contributed by atoms with Gasteiger partial charge in [0.05, 0.1) is 22.9 Å². The quantitative estimate of drug-likeness (QED) is 0.400. The maximum Gasteiger partial charge on any atom is 0.315 e. The zero-order chi connectivity index (χ0) is 25.4. The topological polar surface area (TPSA) is 147 Å². The lowest BCUT2D eigenvalue weighted by Crippen LogP contribution is -2.40. The first-order chi connectivity index (χ1) is 17.2. The molecule has 0 radical (unpaired) electrons. The number of aromatic amines is 1. The van der Waals surface area contributed by atoms with Crippen LogP contribution in [-0.4, -0.2) is 64.2 Å². The van der Waals surface area contributed by atoms with E-state index in [0.717, 1.165) is 22.1 Å². The first-order valence-corrected chi connectivity index (χ1v) is 13.6. The van der Waals surface area contributed by atoms with Gasteiger partial charge < -0.3 is 14.7 Å². The Bertz CT molecular complexity index is 1500. The van der Waals surface area contributed by atoms with E-state index in [1.54, 1.807) is 6.20 Å². The van der Waals surface area contributed by atoms with E-state index in [1.807, 2.05) is 56.0 Å². The summed E-state index contributed by atoms with van der Waals surface area (Å²) < 4.78 is 28.8. The number of aromatic nitrogens is 5. The number of anilines is 1. The third-order valence-electron chi connectivity index (χ3n) is 6.31. The summed E-state index contributed by atoms with van der Waals surface area (Å²) in [6.07, 6.45) is 1.72. The third kappa shape index (κ3) is 4.68. The second kappa shape index (κ2) is 9.34. The van der Waals surface area contributed by atoms with E-state index in [4.69, 9.17) is 4.52 Å². The average molecular weight is 510 g/mol. The van der Waals surface area contributed by atoms with Crippen LogP contribution in [0.15, 0.2) is 41.1 Å². The number of amides is 1. The van der Waals surface area contributed by atoms with Crippen molar-refractivity contribution in [1.82, 2.24) is 30.6 Å². The lowest BCUT2D eigenvalue weighted by molar-refractivity contribution is 0.0895. The zero-order valence-corrected chi connectivity index (χ0v) is 21.0. The molecule has 11 nitrogen and oxygen atoms in total. The number of sulfone groups is 1. The first-order valence-electron chi connectivity index (χ1n) is 11.7. The van der Waals surface area contributed by atoms with Gasteiger partial charge in [-0.2, -0.15) is 10.1 Å². The lowest BCUT2D eigenvalue weighted by Gasteiger charge is -2.27. The summed E-state index contributed by atoms with van der Waals surface area (Å²) in [5, 5.41) is 15.0. The van der Waals surface area contributed by atoms with Crippen LogP contribution in [0.5, 0.6) is 0 Å². The van der Waals surface area contributed by atoms with Gasteiger partial charge in [-0.3, -0.25) is 9.89 Å². The van der Waals surface area contributed by atoms with Crippen molar-refractivity contribution in [2.45, 2.75) is 32.7 Å². The summed E-state index contributed by atoms with van der Waals surface area (Å²) in [5.74, 6) is 1.000. The molecule has 188 valence electrons. The predicted molar refractivity (Wildman–Crippen MR) is 134 cm³/mol. The Kier molecular flexibility index (Phi) is 6.20. The number of nitrogens with one attached hydrogen (secondary N) is 2. The number of H-pyrrole nitrogens is 1. The van der Waals surface area contributed by atoms with Crippen molar-refractivity contribution in [2.24, 2.45) is 0 Å². The second-order valence-corrected chi connectivity index (χ2v) is 11.5. The molecule has 1 fully saturated rings. The van der Waals surface area contributed by atoms with Crippen LogP contribution < -0.4 is 10.2 Å². The maximum atomic E-state index is 12.5. The molecule has 0 saturated carbocycles. The molecule has 0 aliphatic carbocycles. The first kappa shape index (κ1) is 23.9. The minimum Gasteiger partial charge on any atom is -0.353 e. The molecule has 5 rings (SSSR count). The number of hydrogen-bond donors (Lipinski definition) is 2. The largest absolute Gasteiger partial charge is 0.353 e. The minimum absolute atomic E-state index is 0.0562. The van der Waals surface area contributed by atoms with Gasteiger partial charge in [0.1, 0.15) is 0 Å². The summed E-state index contributed by atoms with van der Waals surface area (Å²) in [6.45, 7) is 6.53. The predicted octanol–water partition coefficient (Wildman–Crippen LogP) is 2.86. The van der Waals surface area contributed by atoms with Crippen LogP contribution >= 0.6 is 0 Å². The molecule has 1 aliphatic rings. The maximum absolute atomic E-state index is 12.5. The van der Waals surface area contributed by atoms with Crippen LogP contribution in [0.25, 0.3) is 22.2 Å². The molecule has 0 bridgehead atoms. The molecule has 0 unspecified atom stereocenters. The Labute approximate surface area is 208 Å². The van der Waals surface area contributed by atoms with Crippen LogP contribution in [0.2, 0.25) is 0 Å². The Morgan fingerprint density at radius 1 is 1.11 bits per heavy atom. The van der Waals surface area contributed by atoms with E-state index < -0.39 is 15.7 Å². The number of fused-ring (bicyclic) bond motifs is 1. The van der Waals surface area contributed by atoms with E-state index in [2.05, 4.69) is 30.6 Å². The van der Waals surface area contributed by atoms with Crippen LogP contribution in [0.4, 0.5) is 5.82 Å². The summed E-state index contributed by atoms with van der Waals surface area (Å²) in [7, 11) is -3.00. The molecule has 3 aromatic heterocycles. The standard InChI is InChI=1S/C24H27N7O4S/c1-14(2)20-27-24(35-30-20)23(32)26-15(3)16-4-6-17(7-5-16)18-8-9-25-21-19(18)22(29-28-21)31-10-12-36(33,34)13-11-31/h4-9,14-15H,10-13H2,1-3H3,(H,26,32)(H,25,28,29)/t15-/m1/s1. The molecule has 1 aromatic carbocycles. The molecule has 4 heterocycles. The van der Waals surface area contributed by atoms with E-state index in [1.165, 1.54) is 0 Å². The van der Waals surface area contributed by atoms with E-state index >= 15 is 0 Å². The smallest absolute Gasteiger partial charge is 0.315 e. The fraction of sp³-hybridized carbons (Fsp3) is 0.375. The molecule has 36 heavy (non-hydrogen) atoms. The molecule has 1 atom stereocenters. The molecule has 1 saturated heterocycles. The van der Waals surface area contributed by atoms with E-state index in [0.29, 0.717) is 30.4 Å². The number of carbonyl (C=O) groups is 1. The zero-order valence-electron chi connectivity index (χ0n) is 20.2. The van der Waals surface area contributed by atoms with Crippen molar-refractivity contribution in [1.29, 1.82) is 0 Å². The minimum atomic E-state index is -3.00. The molecule has 4 aromatic rings. The average Bonchev–Trinajstić information content (AvgIpc) is 3.52. The van der Waals surface area contributed by atoms with Gasteiger partial charge in [0.2, 0.25) is 0 Å². The highest BCUT2D eigenvalue weighted by Crippen LogP contribution is 2.34. The number of nitrogens with zero attached hydrogens (tertiary/aromatic N) is 5. The molecule has 1 aliphatic heterocycles. The Hall–Kier alpha value is -3.80. The molecular formula is C24H27N7O4S. The number of carbonyl (C=O) groups excluding carboxylic acids is 1. The van der Waals surface area contributed by atoms with Crippen molar-refractivity contribution < 1.29 is 17.7 Å². The number of pyridine rings is 1. The van der Waals surface area contributed by atoms with Gasteiger partial charge in [-0.15, -0.1) is 0 Å². The second-order valence-electron chi connectivity index (χ2n) is 9.20. The summed E-state index contributed by atoms with van der Waals surface area (Å²) in [6, 6.07) is 9.50. The molecule has 12 heteroatoms. The Balaban J connectivity index is 1.37. The monoisotopic (exact) mass is 509 g/mol.